The Hall–Kier alpha value is -1.91. The van der Waals surface area contributed by atoms with E-state index in [1.54, 1.807) is 12.1 Å². The van der Waals surface area contributed by atoms with Gasteiger partial charge in [-0.25, -0.2) is 8.42 Å². The second kappa shape index (κ2) is 6.70. The van der Waals surface area contributed by atoms with Crippen LogP contribution in [0.2, 0.25) is 0 Å². The topological polar surface area (TPSA) is 90.3 Å². The lowest BCUT2D eigenvalue weighted by atomic mass is 10.2. The number of hydrogen-bond acceptors (Lipinski definition) is 5. The summed E-state index contributed by atoms with van der Waals surface area (Å²) in [5.41, 5.74) is 0.334. The standard InChI is InChI=1S/C14H17N3O3S/c15-11-12-2-1-3-13(10-12)21(19,20)9-8-17-6-4-14(18)16-5-7-17/h1-3,10H,4-9H2,(H,16,18). The number of amides is 1. The summed E-state index contributed by atoms with van der Waals surface area (Å²) in [7, 11) is -3.42. The number of hydrogen-bond donors (Lipinski definition) is 1. The van der Waals surface area contributed by atoms with Crippen LogP contribution in [0.4, 0.5) is 0 Å². The molecule has 0 atom stereocenters. The summed E-state index contributed by atoms with van der Waals surface area (Å²) in [4.78, 5) is 13.4. The molecule has 0 aromatic heterocycles. The van der Waals surface area contributed by atoms with Gasteiger partial charge in [-0.2, -0.15) is 5.26 Å². The van der Waals surface area contributed by atoms with Gasteiger partial charge in [-0.15, -0.1) is 0 Å². The number of sulfone groups is 1. The molecular weight excluding hydrogens is 290 g/mol. The molecule has 21 heavy (non-hydrogen) atoms. The maximum Gasteiger partial charge on any atom is 0.221 e. The molecule has 1 aliphatic rings. The van der Waals surface area contributed by atoms with Gasteiger partial charge in [0.1, 0.15) is 0 Å². The van der Waals surface area contributed by atoms with E-state index in [2.05, 4.69) is 5.32 Å². The van der Waals surface area contributed by atoms with E-state index in [9.17, 15) is 13.2 Å². The summed E-state index contributed by atoms with van der Waals surface area (Å²) in [5.74, 6) is -0.0159. The zero-order valence-corrected chi connectivity index (χ0v) is 12.4. The Labute approximate surface area is 124 Å². The lowest BCUT2D eigenvalue weighted by molar-refractivity contribution is -0.120. The molecule has 2 rings (SSSR count). The van der Waals surface area contributed by atoms with Crippen LogP contribution in [-0.4, -0.2) is 51.2 Å². The van der Waals surface area contributed by atoms with Gasteiger partial charge >= 0.3 is 0 Å². The normalized spacial score (nSPS) is 16.8. The summed E-state index contributed by atoms with van der Waals surface area (Å²) >= 11 is 0. The van der Waals surface area contributed by atoms with E-state index in [1.165, 1.54) is 12.1 Å². The average Bonchev–Trinajstić information content (AvgIpc) is 2.70. The first-order chi connectivity index (χ1) is 10.0. The SMILES string of the molecule is N#Cc1cccc(S(=O)(=O)CCN2CCNC(=O)CC2)c1. The van der Waals surface area contributed by atoms with Crippen molar-refractivity contribution in [3.8, 4) is 6.07 Å². The highest BCUT2D eigenvalue weighted by molar-refractivity contribution is 7.91. The van der Waals surface area contributed by atoms with Gasteiger partial charge in [-0.05, 0) is 18.2 Å². The largest absolute Gasteiger partial charge is 0.355 e. The first-order valence-electron chi connectivity index (χ1n) is 6.73. The molecular formula is C14H17N3O3S. The predicted octanol–water partition coefficient (Wildman–Crippen LogP) is 0.154. The van der Waals surface area contributed by atoms with E-state index in [-0.39, 0.29) is 16.6 Å². The van der Waals surface area contributed by atoms with Crippen molar-refractivity contribution in [3.05, 3.63) is 29.8 Å². The number of benzene rings is 1. The van der Waals surface area contributed by atoms with Crippen molar-refractivity contribution in [2.24, 2.45) is 0 Å². The lowest BCUT2D eigenvalue weighted by Gasteiger charge is -2.18. The number of nitrogens with zero attached hydrogens (tertiary/aromatic N) is 2. The number of nitriles is 1. The van der Waals surface area contributed by atoms with E-state index >= 15 is 0 Å². The van der Waals surface area contributed by atoms with Gasteiger partial charge in [0.25, 0.3) is 0 Å². The number of nitrogens with one attached hydrogen (secondary N) is 1. The third-order valence-electron chi connectivity index (χ3n) is 3.40. The van der Waals surface area contributed by atoms with Crippen LogP contribution in [0.3, 0.4) is 0 Å². The summed E-state index contributed by atoms with van der Waals surface area (Å²) in [6.07, 6.45) is 0.393. The van der Waals surface area contributed by atoms with Gasteiger partial charge in [-0.3, -0.25) is 4.79 Å². The quantitative estimate of drug-likeness (QED) is 0.855. The molecule has 1 aromatic rings. The van der Waals surface area contributed by atoms with Crippen LogP contribution in [0.5, 0.6) is 0 Å². The number of carbonyl (C=O) groups is 1. The van der Waals surface area contributed by atoms with Crippen molar-refractivity contribution < 1.29 is 13.2 Å². The second-order valence-electron chi connectivity index (χ2n) is 4.90. The fraction of sp³-hybridized carbons (Fsp3) is 0.429. The zero-order chi connectivity index (χ0) is 15.3. The molecule has 1 amide bonds. The van der Waals surface area contributed by atoms with Crippen molar-refractivity contribution >= 4 is 15.7 Å². The fourth-order valence-corrected chi connectivity index (χ4v) is 3.49. The molecule has 1 saturated heterocycles. The molecule has 1 N–H and O–H groups in total. The van der Waals surface area contributed by atoms with Gasteiger partial charge in [0, 0.05) is 32.6 Å². The van der Waals surface area contributed by atoms with Crippen molar-refractivity contribution in [2.75, 3.05) is 31.9 Å². The van der Waals surface area contributed by atoms with E-state index in [1.807, 2.05) is 11.0 Å². The van der Waals surface area contributed by atoms with Crippen molar-refractivity contribution in [3.63, 3.8) is 0 Å². The van der Waals surface area contributed by atoms with Crippen LogP contribution in [0, 0.1) is 11.3 Å². The van der Waals surface area contributed by atoms with Crippen LogP contribution < -0.4 is 5.32 Å². The molecule has 0 saturated carbocycles. The number of carbonyl (C=O) groups excluding carboxylic acids is 1. The predicted molar refractivity (Wildman–Crippen MR) is 77.3 cm³/mol. The van der Waals surface area contributed by atoms with Crippen LogP contribution in [-0.2, 0) is 14.6 Å². The Morgan fingerprint density at radius 3 is 2.90 bits per heavy atom. The minimum Gasteiger partial charge on any atom is -0.355 e. The van der Waals surface area contributed by atoms with Crippen LogP contribution in [0.1, 0.15) is 12.0 Å². The fourth-order valence-electron chi connectivity index (χ4n) is 2.16. The molecule has 1 fully saturated rings. The van der Waals surface area contributed by atoms with Crippen molar-refractivity contribution in [1.82, 2.24) is 10.2 Å². The van der Waals surface area contributed by atoms with E-state index in [0.29, 0.717) is 38.2 Å². The minimum atomic E-state index is -3.42. The molecule has 0 spiro atoms. The molecule has 0 aliphatic carbocycles. The van der Waals surface area contributed by atoms with Crippen LogP contribution in [0.15, 0.2) is 29.2 Å². The average molecular weight is 307 g/mol. The van der Waals surface area contributed by atoms with Gasteiger partial charge in [-0.1, -0.05) is 6.07 Å². The zero-order valence-electron chi connectivity index (χ0n) is 11.6. The minimum absolute atomic E-state index is 0.00192. The van der Waals surface area contributed by atoms with Gasteiger partial charge in [0.05, 0.1) is 22.3 Å². The summed E-state index contributed by atoms with van der Waals surface area (Å²) < 4.78 is 24.5. The highest BCUT2D eigenvalue weighted by Gasteiger charge is 2.19. The lowest BCUT2D eigenvalue weighted by Crippen LogP contribution is -2.32. The Morgan fingerprint density at radius 1 is 1.33 bits per heavy atom. The first-order valence-corrected chi connectivity index (χ1v) is 8.38. The Balaban J connectivity index is 2.01. The van der Waals surface area contributed by atoms with Gasteiger partial charge in [0.15, 0.2) is 9.84 Å². The summed E-state index contributed by atoms with van der Waals surface area (Å²) in [6.45, 7) is 2.15. The van der Waals surface area contributed by atoms with Crippen molar-refractivity contribution in [2.45, 2.75) is 11.3 Å². The molecule has 1 aliphatic heterocycles. The molecule has 0 radical (unpaired) electrons. The van der Waals surface area contributed by atoms with Crippen LogP contribution in [0.25, 0.3) is 0 Å². The Bertz CT molecular complexity index is 664. The third kappa shape index (κ3) is 4.28. The highest BCUT2D eigenvalue weighted by atomic mass is 32.2. The summed E-state index contributed by atoms with van der Waals surface area (Å²) in [5, 5.41) is 11.6. The van der Waals surface area contributed by atoms with E-state index < -0.39 is 9.84 Å². The molecule has 0 bridgehead atoms. The van der Waals surface area contributed by atoms with Crippen LogP contribution >= 0.6 is 0 Å². The molecule has 7 heteroatoms. The van der Waals surface area contributed by atoms with E-state index in [0.717, 1.165) is 0 Å². The summed E-state index contributed by atoms with van der Waals surface area (Å²) in [6, 6.07) is 7.98. The molecule has 1 aromatic carbocycles. The third-order valence-corrected chi connectivity index (χ3v) is 5.10. The number of rotatable bonds is 4. The van der Waals surface area contributed by atoms with Crippen molar-refractivity contribution in [1.29, 1.82) is 5.26 Å². The van der Waals surface area contributed by atoms with E-state index in [4.69, 9.17) is 5.26 Å². The molecule has 0 unspecified atom stereocenters. The Morgan fingerprint density at radius 2 is 2.14 bits per heavy atom. The second-order valence-corrected chi connectivity index (χ2v) is 7.01. The maximum atomic E-state index is 12.3. The smallest absolute Gasteiger partial charge is 0.221 e. The maximum absolute atomic E-state index is 12.3. The monoisotopic (exact) mass is 307 g/mol. The van der Waals surface area contributed by atoms with Gasteiger partial charge < -0.3 is 10.2 Å². The molecule has 6 nitrogen and oxygen atoms in total. The molecule has 1 heterocycles. The van der Waals surface area contributed by atoms with Gasteiger partial charge in [0.2, 0.25) is 5.91 Å². The highest BCUT2D eigenvalue weighted by Crippen LogP contribution is 2.13. The molecule has 112 valence electrons. The Kier molecular flexibility index (Phi) is 4.94. The first kappa shape index (κ1) is 15.5.